The van der Waals surface area contributed by atoms with Crippen molar-refractivity contribution in [1.82, 2.24) is 14.5 Å². The van der Waals surface area contributed by atoms with Gasteiger partial charge in [0.05, 0.1) is 43.6 Å². The van der Waals surface area contributed by atoms with Gasteiger partial charge in [-0.2, -0.15) is 0 Å². The summed E-state index contributed by atoms with van der Waals surface area (Å²) in [5, 5.41) is 2.85. The number of hydrogen-bond donors (Lipinski definition) is 1. The summed E-state index contributed by atoms with van der Waals surface area (Å²) >= 11 is 0. The number of methoxy groups -OCH3 is 1. The zero-order chi connectivity index (χ0) is 26.3. The average molecular weight is 523 g/mol. The maximum absolute atomic E-state index is 13.3. The SMILES string of the molecule is COCCn1c(CN(Cc2ccco2)C(=O)Nc2ccc(C)cc2)cnc1S(=O)(=O)Cc1ccccc1. The summed E-state index contributed by atoms with van der Waals surface area (Å²) in [5.74, 6) is 0.417. The highest BCUT2D eigenvalue weighted by Crippen LogP contribution is 2.20. The molecule has 10 heteroatoms. The van der Waals surface area contributed by atoms with Gasteiger partial charge in [-0.25, -0.2) is 18.2 Å². The number of nitrogens with zero attached hydrogens (tertiary/aromatic N) is 3. The first-order chi connectivity index (χ1) is 17.9. The van der Waals surface area contributed by atoms with Gasteiger partial charge >= 0.3 is 6.03 Å². The third-order valence-corrected chi connectivity index (χ3v) is 7.36. The number of benzene rings is 2. The van der Waals surface area contributed by atoms with Crippen molar-refractivity contribution in [3.63, 3.8) is 0 Å². The lowest BCUT2D eigenvalue weighted by molar-refractivity contribution is 0.179. The molecule has 0 aliphatic carbocycles. The number of aromatic nitrogens is 2. The Balaban J connectivity index is 1.62. The number of hydrogen-bond acceptors (Lipinski definition) is 6. The van der Waals surface area contributed by atoms with E-state index in [9.17, 15) is 13.2 Å². The summed E-state index contributed by atoms with van der Waals surface area (Å²) in [4.78, 5) is 19.1. The van der Waals surface area contributed by atoms with Crippen LogP contribution in [-0.2, 0) is 40.0 Å². The Labute approximate surface area is 216 Å². The lowest BCUT2D eigenvalue weighted by atomic mass is 10.2. The highest BCUT2D eigenvalue weighted by atomic mass is 32.2. The molecule has 0 bridgehead atoms. The minimum atomic E-state index is -3.75. The predicted octanol–water partition coefficient (Wildman–Crippen LogP) is 4.64. The van der Waals surface area contributed by atoms with Crippen molar-refractivity contribution in [2.75, 3.05) is 19.0 Å². The molecule has 0 aliphatic heterocycles. The van der Waals surface area contributed by atoms with Crippen LogP contribution in [0.1, 0.15) is 22.6 Å². The van der Waals surface area contributed by atoms with Crippen molar-refractivity contribution in [1.29, 1.82) is 0 Å². The second-order valence-corrected chi connectivity index (χ2v) is 10.5. The Morgan fingerprint density at radius 1 is 1.05 bits per heavy atom. The Hall–Kier alpha value is -3.89. The van der Waals surface area contributed by atoms with Crippen LogP contribution in [0.15, 0.2) is 88.8 Å². The molecule has 0 unspecified atom stereocenters. The van der Waals surface area contributed by atoms with Crippen molar-refractivity contribution >= 4 is 21.6 Å². The number of carbonyl (C=O) groups excluding carboxylic acids is 1. The van der Waals surface area contributed by atoms with Gasteiger partial charge in [0.2, 0.25) is 15.0 Å². The molecule has 0 fully saturated rings. The Kier molecular flexibility index (Phi) is 8.42. The maximum atomic E-state index is 13.3. The number of sulfone groups is 1. The molecule has 2 aromatic heterocycles. The molecular formula is C27H30N4O5S. The van der Waals surface area contributed by atoms with E-state index in [0.717, 1.165) is 5.56 Å². The zero-order valence-corrected chi connectivity index (χ0v) is 21.6. The third-order valence-electron chi connectivity index (χ3n) is 5.77. The first-order valence-corrected chi connectivity index (χ1v) is 13.5. The lowest BCUT2D eigenvalue weighted by Crippen LogP contribution is -2.35. The van der Waals surface area contributed by atoms with Crippen LogP contribution in [0.4, 0.5) is 10.5 Å². The fourth-order valence-electron chi connectivity index (χ4n) is 3.87. The molecule has 0 atom stereocenters. The van der Waals surface area contributed by atoms with E-state index in [1.165, 1.54) is 6.20 Å². The summed E-state index contributed by atoms with van der Waals surface area (Å²) in [6.07, 6.45) is 3.05. The number of imidazole rings is 1. The van der Waals surface area contributed by atoms with Crippen LogP contribution in [0.3, 0.4) is 0 Å². The van der Waals surface area contributed by atoms with Crippen LogP contribution in [0.25, 0.3) is 0 Å². The molecule has 0 aliphatic rings. The van der Waals surface area contributed by atoms with Gasteiger partial charge in [0, 0.05) is 19.3 Å². The van der Waals surface area contributed by atoms with Gasteiger partial charge in [0.15, 0.2) is 0 Å². The molecule has 1 N–H and O–H groups in total. The van der Waals surface area contributed by atoms with Crippen LogP contribution in [0, 0.1) is 6.92 Å². The number of aryl methyl sites for hydroxylation is 1. The number of furan rings is 1. The molecular weight excluding hydrogens is 492 g/mol. The van der Waals surface area contributed by atoms with Crippen molar-refractivity contribution in [2.45, 2.75) is 37.5 Å². The first-order valence-electron chi connectivity index (χ1n) is 11.8. The molecule has 2 amide bonds. The molecule has 4 rings (SSSR count). The molecule has 4 aromatic rings. The zero-order valence-electron chi connectivity index (χ0n) is 20.8. The molecule has 2 aromatic carbocycles. The fourth-order valence-corrected chi connectivity index (χ4v) is 5.39. The monoisotopic (exact) mass is 522 g/mol. The second kappa shape index (κ2) is 11.9. The van der Waals surface area contributed by atoms with Crippen molar-refractivity contribution < 1.29 is 22.4 Å². The van der Waals surface area contributed by atoms with Gasteiger partial charge in [-0.1, -0.05) is 48.0 Å². The standard InChI is InChI=1S/C27H30N4O5S/c1-21-10-12-23(13-11-21)29-26(32)30(19-25-9-6-15-36-25)18-24-17-28-27(31(24)14-16-35-2)37(33,34)20-22-7-4-3-5-8-22/h3-13,15,17H,14,16,18-20H2,1-2H3,(H,29,32). The largest absolute Gasteiger partial charge is 0.467 e. The molecule has 37 heavy (non-hydrogen) atoms. The number of nitrogens with one attached hydrogen (secondary N) is 1. The topological polar surface area (TPSA) is 107 Å². The number of urea groups is 1. The van der Waals surface area contributed by atoms with E-state index in [-0.39, 0.29) is 43.2 Å². The number of carbonyl (C=O) groups is 1. The normalized spacial score (nSPS) is 11.4. The minimum absolute atomic E-state index is 0.0553. The van der Waals surface area contributed by atoms with E-state index in [0.29, 0.717) is 22.7 Å². The number of anilines is 1. The summed E-state index contributed by atoms with van der Waals surface area (Å²) in [5.41, 5.74) is 2.97. The average Bonchev–Trinajstić information content (AvgIpc) is 3.54. The minimum Gasteiger partial charge on any atom is -0.467 e. The highest BCUT2D eigenvalue weighted by molar-refractivity contribution is 7.90. The Bertz CT molecular complexity index is 1400. The lowest BCUT2D eigenvalue weighted by Gasteiger charge is -2.23. The summed E-state index contributed by atoms with van der Waals surface area (Å²) < 4.78 is 38.9. The van der Waals surface area contributed by atoms with Crippen LogP contribution < -0.4 is 5.32 Å². The van der Waals surface area contributed by atoms with Gasteiger partial charge in [-0.05, 0) is 36.8 Å². The molecule has 9 nitrogen and oxygen atoms in total. The van der Waals surface area contributed by atoms with Crippen LogP contribution in [0.5, 0.6) is 0 Å². The summed E-state index contributed by atoms with van der Waals surface area (Å²) in [7, 11) is -2.20. The van der Waals surface area contributed by atoms with Gasteiger partial charge in [-0.3, -0.25) is 0 Å². The predicted molar refractivity (Wildman–Crippen MR) is 140 cm³/mol. The van der Waals surface area contributed by atoms with Gasteiger partial charge in [-0.15, -0.1) is 0 Å². The van der Waals surface area contributed by atoms with Gasteiger partial charge in [0.25, 0.3) is 0 Å². The van der Waals surface area contributed by atoms with Crippen LogP contribution in [-0.4, -0.2) is 42.6 Å². The number of ether oxygens (including phenoxy) is 1. The van der Waals surface area contributed by atoms with Gasteiger partial charge in [0.1, 0.15) is 5.76 Å². The highest BCUT2D eigenvalue weighted by Gasteiger charge is 2.26. The molecule has 194 valence electrons. The molecule has 0 saturated heterocycles. The number of rotatable bonds is 11. The van der Waals surface area contributed by atoms with Crippen molar-refractivity contribution in [3.8, 4) is 0 Å². The first kappa shape index (κ1) is 26.2. The van der Waals surface area contributed by atoms with E-state index >= 15 is 0 Å². The molecule has 2 heterocycles. The van der Waals surface area contributed by atoms with Gasteiger partial charge < -0.3 is 23.9 Å². The Morgan fingerprint density at radius 2 is 1.81 bits per heavy atom. The van der Waals surface area contributed by atoms with Crippen molar-refractivity contribution in [3.05, 3.63) is 102 Å². The van der Waals surface area contributed by atoms with E-state index in [4.69, 9.17) is 9.15 Å². The maximum Gasteiger partial charge on any atom is 0.322 e. The quantitative estimate of drug-likeness (QED) is 0.308. The molecule has 0 spiro atoms. The fraction of sp³-hybridized carbons (Fsp3) is 0.259. The second-order valence-electron chi connectivity index (χ2n) is 8.65. The summed E-state index contributed by atoms with van der Waals surface area (Å²) in [6.45, 7) is 2.82. The molecule has 0 saturated carbocycles. The van der Waals surface area contributed by atoms with E-state index in [1.807, 2.05) is 37.3 Å². The molecule has 0 radical (unpaired) electrons. The van der Waals surface area contributed by atoms with E-state index in [1.54, 1.807) is 59.2 Å². The third kappa shape index (κ3) is 6.87. The Morgan fingerprint density at radius 3 is 2.49 bits per heavy atom. The van der Waals surface area contributed by atoms with E-state index in [2.05, 4.69) is 10.3 Å². The van der Waals surface area contributed by atoms with Crippen molar-refractivity contribution in [2.24, 2.45) is 0 Å². The van der Waals surface area contributed by atoms with Crippen LogP contribution in [0.2, 0.25) is 0 Å². The van der Waals surface area contributed by atoms with Crippen LogP contribution >= 0.6 is 0 Å². The summed E-state index contributed by atoms with van der Waals surface area (Å²) in [6, 6.07) is 19.6. The number of amides is 2. The van der Waals surface area contributed by atoms with E-state index < -0.39 is 9.84 Å². The smallest absolute Gasteiger partial charge is 0.322 e.